The number of hydrogen-bond donors (Lipinski definition) is 0. The number of aromatic nitrogens is 1. The fourth-order valence-corrected chi connectivity index (χ4v) is 6.97. The van der Waals surface area contributed by atoms with Crippen molar-refractivity contribution in [1.82, 2.24) is 4.98 Å². The van der Waals surface area contributed by atoms with Crippen molar-refractivity contribution < 1.29 is 8.42 Å². The van der Waals surface area contributed by atoms with Gasteiger partial charge in [0.05, 0.1) is 0 Å². The van der Waals surface area contributed by atoms with E-state index in [4.69, 9.17) is 0 Å². The molecule has 3 nitrogen and oxygen atoms in total. The van der Waals surface area contributed by atoms with Gasteiger partial charge in [0, 0.05) is 0 Å². The van der Waals surface area contributed by atoms with Gasteiger partial charge in [0.2, 0.25) is 0 Å². The zero-order chi connectivity index (χ0) is 20.3. The summed E-state index contributed by atoms with van der Waals surface area (Å²) in [6, 6.07) is 26.7. The number of para-hydroxylation sites is 1. The van der Waals surface area contributed by atoms with E-state index in [1.54, 1.807) is 18.3 Å². The minimum atomic E-state index is -3.58. The standard InChI is InChI=1S/C24H19NO2SSe/c1-18-11-13-19(14-12-18)28(26,27)17-24(29-20-7-3-2-4-8-20)22-15-16-25-23-10-6-5-9-21(22)23/h2-17H,1H3/b24-17+. The maximum atomic E-state index is 13.2. The molecule has 5 heteroatoms. The number of benzene rings is 3. The first kappa shape index (κ1) is 19.6. The molecule has 144 valence electrons. The Kier molecular flexibility index (Phi) is 5.63. The van der Waals surface area contributed by atoms with E-state index in [1.807, 2.05) is 79.7 Å². The Morgan fingerprint density at radius 2 is 1.55 bits per heavy atom. The van der Waals surface area contributed by atoms with Gasteiger partial charge in [-0.1, -0.05) is 0 Å². The summed E-state index contributed by atoms with van der Waals surface area (Å²) in [5.41, 5.74) is 2.80. The van der Waals surface area contributed by atoms with Gasteiger partial charge in [-0.3, -0.25) is 0 Å². The fourth-order valence-electron chi connectivity index (χ4n) is 3.01. The summed E-state index contributed by atoms with van der Waals surface area (Å²) in [4.78, 5) is 4.73. The monoisotopic (exact) mass is 465 g/mol. The number of nitrogens with zero attached hydrogens (tertiary/aromatic N) is 1. The Morgan fingerprint density at radius 1 is 0.862 bits per heavy atom. The number of fused-ring (bicyclic) bond motifs is 1. The van der Waals surface area contributed by atoms with Crippen molar-refractivity contribution in [2.75, 3.05) is 0 Å². The molecule has 4 aromatic rings. The van der Waals surface area contributed by atoms with Crippen molar-refractivity contribution in [2.24, 2.45) is 0 Å². The summed E-state index contributed by atoms with van der Waals surface area (Å²) < 4.78 is 28.3. The summed E-state index contributed by atoms with van der Waals surface area (Å²) in [5, 5.41) is 2.39. The van der Waals surface area contributed by atoms with Crippen LogP contribution >= 0.6 is 0 Å². The van der Waals surface area contributed by atoms with Crippen LogP contribution in [0.25, 0.3) is 15.4 Å². The van der Waals surface area contributed by atoms with Crippen molar-refractivity contribution >= 4 is 44.6 Å². The molecule has 0 spiro atoms. The van der Waals surface area contributed by atoms with Gasteiger partial charge in [-0.25, -0.2) is 0 Å². The summed E-state index contributed by atoms with van der Waals surface area (Å²) in [6.45, 7) is 1.94. The van der Waals surface area contributed by atoms with Crippen LogP contribution in [0.1, 0.15) is 11.1 Å². The molecule has 3 aromatic carbocycles. The molecule has 0 amide bonds. The topological polar surface area (TPSA) is 47.0 Å². The fraction of sp³-hybridized carbons (Fsp3) is 0.0417. The van der Waals surface area contributed by atoms with E-state index in [-0.39, 0.29) is 15.0 Å². The third-order valence-corrected chi connectivity index (χ3v) is 8.54. The Labute approximate surface area is 177 Å². The van der Waals surface area contributed by atoms with Crippen LogP contribution < -0.4 is 4.46 Å². The Bertz CT molecular complexity index is 1280. The molecular formula is C24H19NO2SSe. The molecule has 0 radical (unpaired) electrons. The summed E-state index contributed by atoms with van der Waals surface area (Å²) in [6.07, 6.45) is 1.74. The van der Waals surface area contributed by atoms with Crippen LogP contribution in [0.15, 0.2) is 101 Å². The summed E-state index contributed by atoms with van der Waals surface area (Å²) in [7, 11) is -3.58. The zero-order valence-corrected chi connectivity index (χ0v) is 18.3. The van der Waals surface area contributed by atoms with Gasteiger partial charge in [-0.15, -0.1) is 0 Å². The van der Waals surface area contributed by atoms with E-state index < -0.39 is 9.84 Å². The third kappa shape index (κ3) is 4.48. The molecule has 0 saturated carbocycles. The molecule has 0 bridgehead atoms. The first-order chi connectivity index (χ1) is 14.0. The second kappa shape index (κ2) is 8.34. The van der Waals surface area contributed by atoms with Crippen molar-refractivity contribution in [2.45, 2.75) is 11.8 Å². The van der Waals surface area contributed by atoms with Crippen molar-refractivity contribution in [3.63, 3.8) is 0 Å². The van der Waals surface area contributed by atoms with Crippen LogP contribution in [0.3, 0.4) is 0 Å². The van der Waals surface area contributed by atoms with E-state index in [9.17, 15) is 8.42 Å². The quantitative estimate of drug-likeness (QED) is 0.413. The van der Waals surface area contributed by atoms with Crippen LogP contribution in [0.5, 0.6) is 0 Å². The van der Waals surface area contributed by atoms with Crippen LogP contribution in [0, 0.1) is 6.92 Å². The predicted octanol–water partition coefficient (Wildman–Crippen LogP) is 4.35. The molecule has 0 fully saturated rings. The van der Waals surface area contributed by atoms with Crippen molar-refractivity contribution in [1.29, 1.82) is 0 Å². The Morgan fingerprint density at radius 3 is 2.31 bits per heavy atom. The molecule has 4 rings (SSSR count). The van der Waals surface area contributed by atoms with Gasteiger partial charge < -0.3 is 0 Å². The zero-order valence-electron chi connectivity index (χ0n) is 15.8. The van der Waals surface area contributed by atoms with E-state index in [2.05, 4.69) is 4.98 Å². The molecule has 0 N–H and O–H groups in total. The first-order valence-corrected chi connectivity index (χ1v) is 12.4. The maximum absolute atomic E-state index is 13.2. The summed E-state index contributed by atoms with van der Waals surface area (Å²) in [5.74, 6) is 0. The number of aryl methyl sites for hydroxylation is 1. The predicted molar refractivity (Wildman–Crippen MR) is 120 cm³/mol. The molecule has 0 aliphatic heterocycles. The van der Waals surface area contributed by atoms with E-state index >= 15 is 0 Å². The minimum absolute atomic E-state index is 0.177. The molecule has 0 aliphatic carbocycles. The van der Waals surface area contributed by atoms with Gasteiger partial charge in [0.25, 0.3) is 0 Å². The molecule has 1 heterocycles. The number of sulfone groups is 1. The second-order valence-corrected chi connectivity index (χ2v) is 10.8. The number of rotatable bonds is 5. The Balaban J connectivity index is 1.88. The molecular weight excluding hydrogens is 445 g/mol. The van der Waals surface area contributed by atoms with Crippen LogP contribution in [-0.4, -0.2) is 28.4 Å². The molecule has 29 heavy (non-hydrogen) atoms. The molecule has 1 aromatic heterocycles. The second-order valence-electron chi connectivity index (χ2n) is 6.63. The van der Waals surface area contributed by atoms with E-state index in [0.29, 0.717) is 4.90 Å². The third-order valence-electron chi connectivity index (χ3n) is 4.50. The van der Waals surface area contributed by atoms with Gasteiger partial charge in [-0.2, -0.15) is 0 Å². The average Bonchev–Trinajstić information content (AvgIpc) is 2.74. The summed E-state index contributed by atoms with van der Waals surface area (Å²) >= 11 is -0.177. The molecule has 0 aliphatic rings. The van der Waals surface area contributed by atoms with Gasteiger partial charge in [-0.05, 0) is 0 Å². The molecule has 0 unspecified atom stereocenters. The van der Waals surface area contributed by atoms with E-state index in [0.717, 1.165) is 31.0 Å². The van der Waals surface area contributed by atoms with Crippen LogP contribution in [0.4, 0.5) is 0 Å². The van der Waals surface area contributed by atoms with Gasteiger partial charge in [0.15, 0.2) is 0 Å². The van der Waals surface area contributed by atoms with Crippen LogP contribution in [0.2, 0.25) is 0 Å². The normalized spacial score (nSPS) is 12.2. The van der Waals surface area contributed by atoms with Gasteiger partial charge >= 0.3 is 178 Å². The molecule has 0 saturated heterocycles. The Hall–Kier alpha value is -2.72. The van der Waals surface area contributed by atoms with Gasteiger partial charge in [0.1, 0.15) is 0 Å². The average molecular weight is 464 g/mol. The van der Waals surface area contributed by atoms with Crippen molar-refractivity contribution in [3.8, 4) is 0 Å². The molecule has 0 atom stereocenters. The van der Waals surface area contributed by atoms with Crippen LogP contribution in [-0.2, 0) is 9.84 Å². The number of pyridine rings is 1. The first-order valence-electron chi connectivity index (χ1n) is 9.13. The van der Waals surface area contributed by atoms with E-state index in [1.165, 1.54) is 5.41 Å². The number of hydrogen-bond acceptors (Lipinski definition) is 3. The van der Waals surface area contributed by atoms with Crippen molar-refractivity contribution in [3.05, 3.63) is 108 Å². The SMILES string of the molecule is Cc1ccc(S(=O)(=O)/C=C(/[Se]c2ccccc2)c2ccnc3ccccc23)cc1.